The van der Waals surface area contributed by atoms with E-state index in [0.717, 1.165) is 60.2 Å². The normalized spacial score (nSPS) is 15.1. The van der Waals surface area contributed by atoms with E-state index in [-0.39, 0.29) is 0 Å². The van der Waals surface area contributed by atoms with Crippen molar-refractivity contribution >= 4 is 11.6 Å². The van der Waals surface area contributed by atoms with E-state index in [0.29, 0.717) is 18.4 Å². The second-order valence-corrected chi connectivity index (χ2v) is 8.35. The van der Waals surface area contributed by atoms with Gasteiger partial charge in [0.05, 0.1) is 11.9 Å². The van der Waals surface area contributed by atoms with Crippen molar-refractivity contribution in [2.75, 3.05) is 18.4 Å². The molecule has 31 heavy (non-hydrogen) atoms. The highest BCUT2D eigenvalue weighted by Crippen LogP contribution is 2.27. The molecule has 1 fully saturated rings. The highest BCUT2D eigenvalue weighted by Gasteiger charge is 2.22. The lowest BCUT2D eigenvalue weighted by atomic mass is 9.97. The average molecular weight is 417 g/mol. The van der Waals surface area contributed by atoms with E-state index in [4.69, 9.17) is 9.97 Å². The molecule has 0 aliphatic carbocycles. The lowest BCUT2D eigenvalue weighted by Gasteiger charge is -2.22. The fourth-order valence-corrected chi connectivity index (χ4v) is 4.16. The topological polar surface area (TPSA) is 85.0 Å². The molecular weight excluding hydrogens is 388 g/mol. The number of benzene rings is 1. The molecule has 0 amide bonds. The molecule has 4 aromatic rings. The van der Waals surface area contributed by atoms with Gasteiger partial charge in [0.25, 0.3) is 0 Å². The van der Waals surface area contributed by atoms with Gasteiger partial charge in [-0.25, -0.2) is 9.67 Å². The molecule has 0 bridgehead atoms. The molecule has 0 unspecified atom stereocenters. The molecule has 1 saturated heterocycles. The number of hydrogen-bond donors (Lipinski definition) is 2. The molecule has 3 aromatic heterocycles. The third kappa shape index (κ3) is 3.90. The molecule has 8 heteroatoms. The van der Waals surface area contributed by atoms with Crippen LogP contribution < -0.4 is 10.6 Å². The standard InChI is InChI=1S/C23H28N8/c1-16(2)19-15-27-31-22(19)28-21(17-8-11-24-12-9-17)29-23(31)25-14-18-6-3-4-7-20(18)30-13-5-10-26-30/h3-7,10,13,15-17,24H,8-9,11-12,14H2,1-2H3,(H,25,28,29). The quantitative estimate of drug-likeness (QED) is 0.500. The van der Waals surface area contributed by atoms with Gasteiger partial charge >= 0.3 is 0 Å². The summed E-state index contributed by atoms with van der Waals surface area (Å²) in [5.74, 6) is 2.37. The van der Waals surface area contributed by atoms with Crippen molar-refractivity contribution in [2.45, 2.75) is 45.1 Å². The van der Waals surface area contributed by atoms with Crippen molar-refractivity contribution in [3.05, 3.63) is 65.9 Å². The zero-order valence-electron chi connectivity index (χ0n) is 18.0. The zero-order valence-corrected chi connectivity index (χ0v) is 18.0. The van der Waals surface area contributed by atoms with Crippen LogP contribution >= 0.6 is 0 Å². The smallest absolute Gasteiger partial charge is 0.227 e. The van der Waals surface area contributed by atoms with Crippen molar-refractivity contribution in [1.29, 1.82) is 0 Å². The van der Waals surface area contributed by atoms with E-state index in [1.165, 1.54) is 0 Å². The molecule has 0 atom stereocenters. The zero-order chi connectivity index (χ0) is 21.2. The Morgan fingerprint density at radius 1 is 1.10 bits per heavy atom. The third-order valence-electron chi connectivity index (χ3n) is 5.92. The molecule has 0 radical (unpaired) electrons. The average Bonchev–Trinajstić information content (AvgIpc) is 3.48. The van der Waals surface area contributed by atoms with Gasteiger partial charge < -0.3 is 10.6 Å². The number of nitrogens with zero attached hydrogens (tertiary/aromatic N) is 6. The summed E-state index contributed by atoms with van der Waals surface area (Å²) in [6.07, 6.45) is 7.79. The molecule has 0 saturated carbocycles. The van der Waals surface area contributed by atoms with E-state index >= 15 is 0 Å². The summed E-state index contributed by atoms with van der Waals surface area (Å²) in [7, 11) is 0. The van der Waals surface area contributed by atoms with Gasteiger partial charge in [-0.3, -0.25) is 0 Å². The van der Waals surface area contributed by atoms with Crippen molar-refractivity contribution in [1.82, 2.24) is 34.7 Å². The largest absolute Gasteiger partial charge is 0.350 e. The van der Waals surface area contributed by atoms with Gasteiger partial charge in [0, 0.05) is 30.4 Å². The number of piperidine rings is 1. The third-order valence-corrected chi connectivity index (χ3v) is 5.92. The van der Waals surface area contributed by atoms with E-state index in [2.05, 4.69) is 46.8 Å². The predicted molar refractivity (Wildman–Crippen MR) is 121 cm³/mol. The summed E-state index contributed by atoms with van der Waals surface area (Å²) < 4.78 is 3.73. The molecule has 1 aliphatic heterocycles. The summed E-state index contributed by atoms with van der Waals surface area (Å²) in [6.45, 7) is 6.99. The summed E-state index contributed by atoms with van der Waals surface area (Å²) in [5.41, 5.74) is 4.24. The maximum Gasteiger partial charge on any atom is 0.227 e. The second kappa shape index (κ2) is 8.47. The molecule has 0 spiro atoms. The Morgan fingerprint density at radius 2 is 1.94 bits per heavy atom. The summed E-state index contributed by atoms with van der Waals surface area (Å²) in [4.78, 5) is 9.89. The van der Waals surface area contributed by atoms with Crippen LogP contribution in [0.4, 0.5) is 5.95 Å². The monoisotopic (exact) mass is 416 g/mol. The van der Waals surface area contributed by atoms with Crippen LogP contribution in [0.5, 0.6) is 0 Å². The number of para-hydroxylation sites is 1. The molecule has 160 valence electrons. The molecule has 4 heterocycles. The summed E-state index contributed by atoms with van der Waals surface area (Å²) in [5, 5.41) is 16.0. The van der Waals surface area contributed by atoms with Crippen molar-refractivity contribution in [3.63, 3.8) is 0 Å². The fraction of sp³-hybridized carbons (Fsp3) is 0.391. The van der Waals surface area contributed by atoms with Gasteiger partial charge in [-0.15, -0.1) is 0 Å². The minimum absolute atomic E-state index is 0.349. The van der Waals surface area contributed by atoms with E-state index < -0.39 is 0 Å². The Labute approximate surface area is 181 Å². The maximum atomic E-state index is 4.96. The maximum absolute atomic E-state index is 4.96. The SMILES string of the molecule is CC(C)c1cnn2c(NCc3ccccc3-n3cccn3)nc(C3CCNCC3)nc12. The van der Waals surface area contributed by atoms with Crippen LogP contribution in [0.1, 0.15) is 55.5 Å². The van der Waals surface area contributed by atoms with Gasteiger partial charge in [-0.05, 0) is 49.5 Å². The summed E-state index contributed by atoms with van der Waals surface area (Å²) in [6, 6.07) is 10.2. The fourth-order valence-electron chi connectivity index (χ4n) is 4.16. The first-order valence-corrected chi connectivity index (χ1v) is 11.0. The number of fused-ring (bicyclic) bond motifs is 1. The molecule has 1 aromatic carbocycles. The molecular formula is C23H28N8. The molecule has 5 rings (SSSR count). The van der Waals surface area contributed by atoms with Crippen molar-refractivity contribution in [2.24, 2.45) is 0 Å². The molecule has 2 N–H and O–H groups in total. The first kappa shape index (κ1) is 19.7. The Bertz CT molecular complexity index is 1160. The van der Waals surface area contributed by atoms with Crippen LogP contribution in [0, 0.1) is 0 Å². The Morgan fingerprint density at radius 3 is 2.71 bits per heavy atom. The predicted octanol–water partition coefficient (Wildman–Crippen LogP) is 3.51. The van der Waals surface area contributed by atoms with E-state index in [1.54, 1.807) is 6.20 Å². The highest BCUT2D eigenvalue weighted by atomic mass is 15.3. The Hall–Kier alpha value is -3.26. The lowest BCUT2D eigenvalue weighted by Crippen LogP contribution is -2.28. The van der Waals surface area contributed by atoms with Crippen LogP contribution in [0.25, 0.3) is 11.3 Å². The number of aromatic nitrogens is 6. The molecule has 1 aliphatic rings. The minimum atomic E-state index is 0.349. The number of anilines is 1. The number of hydrogen-bond acceptors (Lipinski definition) is 6. The highest BCUT2D eigenvalue weighted by molar-refractivity contribution is 5.53. The number of nitrogens with one attached hydrogen (secondary N) is 2. The lowest BCUT2D eigenvalue weighted by molar-refractivity contribution is 0.444. The van der Waals surface area contributed by atoms with Crippen molar-refractivity contribution < 1.29 is 0 Å². The minimum Gasteiger partial charge on any atom is -0.350 e. The van der Waals surface area contributed by atoms with Crippen LogP contribution in [0.2, 0.25) is 0 Å². The van der Waals surface area contributed by atoms with Crippen LogP contribution in [-0.4, -0.2) is 42.5 Å². The van der Waals surface area contributed by atoms with Gasteiger partial charge in [0.15, 0.2) is 5.65 Å². The van der Waals surface area contributed by atoms with Crippen LogP contribution in [-0.2, 0) is 6.54 Å². The summed E-state index contributed by atoms with van der Waals surface area (Å²) >= 11 is 0. The van der Waals surface area contributed by atoms with E-state index in [9.17, 15) is 0 Å². The van der Waals surface area contributed by atoms with Gasteiger partial charge in [0.2, 0.25) is 5.95 Å². The number of rotatable bonds is 6. The van der Waals surface area contributed by atoms with E-state index in [1.807, 2.05) is 39.8 Å². The first-order chi connectivity index (χ1) is 15.2. The first-order valence-electron chi connectivity index (χ1n) is 11.0. The van der Waals surface area contributed by atoms with Crippen LogP contribution in [0.15, 0.2) is 48.9 Å². The van der Waals surface area contributed by atoms with Crippen molar-refractivity contribution in [3.8, 4) is 5.69 Å². The van der Waals surface area contributed by atoms with Crippen LogP contribution in [0.3, 0.4) is 0 Å². The Balaban J connectivity index is 1.51. The molecule has 8 nitrogen and oxygen atoms in total. The van der Waals surface area contributed by atoms with Gasteiger partial charge in [0.1, 0.15) is 5.82 Å². The second-order valence-electron chi connectivity index (χ2n) is 8.35. The van der Waals surface area contributed by atoms with Gasteiger partial charge in [-0.1, -0.05) is 32.0 Å². The van der Waals surface area contributed by atoms with Gasteiger partial charge in [-0.2, -0.15) is 19.7 Å². The Kier molecular flexibility index (Phi) is 5.38.